The van der Waals surface area contributed by atoms with Gasteiger partial charge < -0.3 is 5.11 Å². The molecule has 0 bridgehead atoms. The van der Waals surface area contributed by atoms with Crippen molar-refractivity contribution in [1.82, 2.24) is 4.98 Å². The number of aliphatic hydroxyl groups excluding tert-OH is 1. The zero-order chi connectivity index (χ0) is 11.5. The van der Waals surface area contributed by atoms with Crippen molar-refractivity contribution in [3.05, 3.63) is 40.4 Å². The zero-order valence-corrected chi connectivity index (χ0v) is 10.4. The van der Waals surface area contributed by atoms with Crippen LogP contribution in [-0.4, -0.2) is 16.2 Å². The Hall–Kier alpha value is -0.900. The Bertz CT molecular complexity index is 481. The highest BCUT2D eigenvalue weighted by atomic mass is 35.5. The minimum absolute atomic E-state index is 0.334. The third kappa shape index (κ3) is 2.61. The van der Waals surface area contributed by atoms with Crippen LogP contribution in [-0.2, 0) is 6.42 Å². The monoisotopic (exact) mass is 253 g/mol. The number of aromatic nitrogens is 1. The van der Waals surface area contributed by atoms with Crippen LogP contribution in [0.1, 0.15) is 11.8 Å². The maximum atomic E-state index is 9.29. The first-order chi connectivity index (χ1) is 7.66. The van der Waals surface area contributed by atoms with Gasteiger partial charge in [0.25, 0.3) is 0 Å². The second-order valence-electron chi connectivity index (χ2n) is 3.66. The van der Waals surface area contributed by atoms with Gasteiger partial charge in [0.1, 0.15) is 5.01 Å². The lowest BCUT2D eigenvalue weighted by Gasteiger charge is -1.99. The summed E-state index contributed by atoms with van der Waals surface area (Å²) in [5.41, 5.74) is 0.950. The van der Waals surface area contributed by atoms with E-state index < -0.39 is 0 Å². The van der Waals surface area contributed by atoms with Gasteiger partial charge in [0.2, 0.25) is 0 Å². The standard InChI is InChI=1S/C12H12ClNOS/c1-8(15)6-9-7-14-12(16-9)10-4-2-3-5-11(10)13/h2-5,7-8,15H,6H2,1H3. The Morgan fingerprint density at radius 2 is 2.19 bits per heavy atom. The molecule has 0 saturated heterocycles. The molecule has 1 aromatic carbocycles. The molecule has 0 aliphatic rings. The summed E-state index contributed by atoms with van der Waals surface area (Å²) in [5.74, 6) is 0. The number of aliphatic hydroxyl groups is 1. The molecule has 2 nitrogen and oxygen atoms in total. The molecule has 1 heterocycles. The molecule has 1 atom stereocenters. The highest BCUT2D eigenvalue weighted by Crippen LogP contribution is 2.31. The fourth-order valence-electron chi connectivity index (χ4n) is 1.45. The smallest absolute Gasteiger partial charge is 0.125 e. The molecule has 2 rings (SSSR count). The number of nitrogens with zero attached hydrogens (tertiary/aromatic N) is 1. The SMILES string of the molecule is CC(O)Cc1cnc(-c2ccccc2Cl)s1. The van der Waals surface area contributed by atoms with Crippen LogP contribution in [0.3, 0.4) is 0 Å². The molecule has 0 saturated carbocycles. The average molecular weight is 254 g/mol. The van der Waals surface area contributed by atoms with Crippen LogP contribution >= 0.6 is 22.9 Å². The van der Waals surface area contributed by atoms with E-state index in [0.717, 1.165) is 15.4 Å². The first-order valence-corrected chi connectivity index (χ1v) is 6.24. The molecule has 4 heteroatoms. The van der Waals surface area contributed by atoms with Crippen molar-refractivity contribution in [2.24, 2.45) is 0 Å². The summed E-state index contributed by atoms with van der Waals surface area (Å²) >= 11 is 7.66. The maximum Gasteiger partial charge on any atom is 0.125 e. The molecule has 0 radical (unpaired) electrons. The van der Waals surface area contributed by atoms with Crippen molar-refractivity contribution < 1.29 is 5.11 Å². The van der Waals surface area contributed by atoms with Crippen molar-refractivity contribution in [3.8, 4) is 10.6 Å². The van der Waals surface area contributed by atoms with Crippen LogP contribution in [0.5, 0.6) is 0 Å². The molecule has 0 aliphatic heterocycles. The number of hydrogen-bond donors (Lipinski definition) is 1. The third-order valence-electron chi connectivity index (χ3n) is 2.15. The lowest BCUT2D eigenvalue weighted by atomic mass is 10.2. The fourth-order valence-corrected chi connectivity index (χ4v) is 2.81. The van der Waals surface area contributed by atoms with Crippen LogP contribution in [0, 0.1) is 0 Å². The van der Waals surface area contributed by atoms with Crippen LogP contribution in [0.4, 0.5) is 0 Å². The largest absolute Gasteiger partial charge is 0.393 e. The van der Waals surface area contributed by atoms with Crippen molar-refractivity contribution >= 4 is 22.9 Å². The van der Waals surface area contributed by atoms with Gasteiger partial charge >= 0.3 is 0 Å². The van der Waals surface area contributed by atoms with Crippen molar-refractivity contribution in [2.45, 2.75) is 19.4 Å². The second kappa shape index (κ2) is 4.95. The van der Waals surface area contributed by atoms with E-state index >= 15 is 0 Å². The van der Waals surface area contributed by atoms with E-state index in [1.54, 1.807) is 24.5 Å². The summed E-state index contributed by atoms with van der Waals surface area (Å²) in [6.45, 7) is 1.77. The molecule has 0 spiro atoms. The molecule has 1 N–H and O–H groups in total. The third-order valence-corrected chi connectivity index (χ3v) is 3.54. The molecule has 84 valence electrons. The number of hydrogen-bond acceptors (Lipinski definition) is 3. The Labute approximate surface area is 104 Å². The molecule has 0 amide bonds. The molecule has 2 aromatic rings. The van der Waals surface area contributed by atoms with Gasteiger partial charge in [-0.2, -0.15) is 0 Å². The van der Waals surface area contributed by atoms with Crippen molar-refractivity contribution in [2.75, 3.05) is 0 Å². The van der Waals surface area contributed by atoms with Gasteiger partial charge in [-0.3, -0.25) is 0 Å². The molecular formula is C12H12ClNOS. The number of rotatable bonds is 3. The topological polar surface area (TPSA) is 33.1 Å². The summed E-state index contributed by atoms with van der Waals surface area (Å²) in [7, 11) is 0. The van der Waals surface area contributed by atoms with E-state index in [1.807, 2.05) is 24.3 Å². The minimum atomic E-state index is -0.334. The molecule has 0 fully saturated rings. The van der Waals surface area contributed by atoms with E-state index in [1.165, 1.54) is 0 Å². The summed E-state index contributed by atoms with van der Waals surface area (Å²) in [4.78, 5) is 5.40. The van der Waals surface area contributed by atoms with Gasteiger partial charge in [0.15, 0.2) is 0 Å². The van der Waals surface area contributed by atoms with Gasteiger partial charge in [0, 0.05) is 23.1 Å². The van der Waals surface area contributed by atoms with Gasteiger partial charge in [-0.25, -0.2) is 4.98 Å². The summed E-state index contributed by atoms with van der Waals surface area (Å²) in [5, 5.41) is 10.9. The van der Waals surface area contributed by atoms with Gasteiger partial charge in [-0.15, -0.1) is 11.3 Å². The predicted octanol–water partition coefficient (Wildman–Crippen LogP) is 3.39. The summed E-state index contributed by atoms with van der Waals surface area (Å²) in [6.07, 6.45) is 2.11. The van der Waals surface area contributed by atoms with Gasteiger partial charge in [0.05, 0.1) is 11.1 Å². The molecule has 16 heavy (non-hydrogen) atoms. The number of thiazole rings is 1. The zero-order valence-electron chi connectivity index (χ0n) is 8.85. The van der Waals surface area contributed by atoms with Crippen LogP contribution < -0.4 is 0 Å². The van der Waals surface area contributed by atoms with Crippen LogP contribution in [0.15, 0.2) is 30.5 Å². The minimum Gasteiger partial charge on any atom is -0.393 e. The highest BCUT2D eigenvalue weighted by molar-refractivity contribution is 7.15. The Balaban J connectivity index is 2.28. The first-order valence-electron chi connectivity index (χ1n) is 5.04. The first kappa shape index (κ1) is 11.6. The Morgan fingerprint density at radius 3 is 2.88 bits per heavy atom. The normalized spacial score (nSPS) is 12.7. The van der Waals surface area contributed by atoms with E-state index in [2.05, 4.69) is 4.98 Å². The lowest BCUT2D eigenvalue weighted by Crippen LogP contribution is -2.01. The van der Waals surface area contributed by atoms with Gasteiger partial charge in [-0.1, -0.05) is 29.8 Å². The summed E-state index contributed by atoms with van der Waals surface area (Å²) < 4.78 is 0. The highest BCUT2D eigenvalue weighted by Gasteiger charge is 2.09. The van der Waals surface area contributed by atoms with Crippen LogP contribution in [0.2, 0.25) is 5.02 Å². The van der Waals surface area contributed by atoms with E-state index in [4.69, 9.17) is 11.6 Å². The lowest BCUT2D eigenvalue weighted by molar-refractivity contribution is 0.196. The second-order valence-corrected chi connectivity index (χ2v) is 5.19. The van der Waals surface area contributed by atoms with E-state index in [-0.39, 0.29) is 6.10 Å². The van der Waals surface area contributed by atoms with Crippen molar-refractivity contribution in [3.63, 3.8) is 0 Å². The van der Waals surface area contributed by atoms with Crippen molar-refractivity contribution in [1.29, 1.82) is 0 Å². The molecular weight excluding hydrogens is 242 g/mol. The fraction of sp³-hybridized carbons (Fsp3) is 0.250. The Morgan fingerprint density at radius 1 is 1.44 bits per heavy atom. The molecule has 1 unspecified atom stereocenters. The molecule has 1 aromatic heterocycles. The number of halogens is 1. The quantitative estimate of drug-likeness (QED) is 0.910. The molecule has 0 aliphatic carbocycles. The predicted molar refractivity (Wildman–Crippen MR) is 67.9 cm³/mol. The van der Waals surface area contributed by atoms with E-state index in [9.17, 15) is 5.11 Å². The Kier molecular flexibility index (Phi) is 3.59. The van der Waals surface area contributed by atoms with E-state index in [0.29, 0.717) is 11.4 Å². The van der Waals surface area contributed by atoms with Crippen LogP contribution in [0.25, 0.3) is 10.6 Å². The average Bonchev–Trinajstić information content (AvgIpc) is 2.66. The maximum absolute atomic E-state index is 9.29. The summed E-state index contributed by atoms with van der Waals surface area (Å²) in [6, 6.07) is 7.65. The van der Waals surface area contributed by atoms with Gasteiger partial charge in [-0.05, 0) is 13.0 Å². The number of benzene rings is 1.